The summed E-state index contributed by atoms with van der Waals surface area (Å²) in [6, 6.07) is 9.43. The van der Waals surface area contributed by atoms with Crippen LogP contribution in [0.5, 0.6) is 0 Å². The number of ketones is 1. The molecule has 3 aromatic rings. The topological polar surface area (TPSA) is 158 Å². The van der Waals surface area contributed by atoms with Gasteiger partial charge in [0.25, 0.3) is 17.4 Å². The summed E-state index contributed by atoms with van der Waals surface area (Å²) in [5.41, 5.74) is 1.11. The Balaban J connectivity index is 1.44. The molecule has 2 aliphatic rings. The number of anilines is 1. The van der Waals surface area contributed by atoms with Gasteiger partial charge in [0, 0.05) is 31.8 Å². The van der Waals surface area contributed by atoms with Gasteiger partial charge in [0.05, 0.1) is 51.8 Å². The maximum absolute atomic E-state index is 13.3. The molecular weight excluding hydrogens is 504 g/mol. The molecule has 1 aromatic heterocycles. The zero-order chi connectivity index (χ0) is 26.3. The van der Waals surface area contributed by atoms with Crippen molar-refractivity contribution in [1.82, 2.24) is 19.3 Å². The third-order valence-corrected chi connectivity index (χ3v) is 8.42. The predicted octanol–water partition coefficient (Wildman–Crippen LogP) is 1.70. The van der Waals surface area contributed by atoms with Crippen molar-refractivity contribution in [2.45, 2.75) is 30.3 Å². The Labute approximate surface area is 211 Å². The van der Waals surface area contributed by atoms with Crippen LogP contribution in [0.1, 0.15) is 28.9 Å². The second-order valence-electron chi connectivity index (χ2n) is 8.68. The van der Waals surface area contributed by atoms with E-state index in [4.69, 9.17) is 4.74 Å². The maximum atomic E-state index is 13.3. The van der Waals surface area contributed by atoms with Crippen molar-refractivity contribution in [2.75, 3.05) is 25.2 Å². The molecule has 0 saturated carbocycles. The van der Waals surface area contributed by atoms with Crippen molar-refractivity contribution in [3.05, 3.63) is 70.0 Å². The number of benzene rings is 2. The summed E-state index contributed by atoms with van der Waals surface area (Å²) in [6.45, 7) is 0.549. The predicted molar refractivity (Wildman–Crippen MR) is 129 cm³/mol. The first-order valence-corrected chi connectivity index (χ1v) is 12.8. The van der Waals surface area contributed by atoms with Crippen LogP contribution >= 0.6 is 0 Å². The summed E-state index contributed by atoms with van der Waals surface area (Å²) in [5, 5.41) is 18.8. The Morgan fingerprint density at radius 2 is 1.92 bits per heavy atom. The molecule has 5 rings (SSSR count). The van der Waals surface area contributed by atoms with Gasteiger partial charge < -0.3 is 4.74 Å². The highest BCUT2D eigenvalue weighted by atomic mass is 32.2. The van der Waals surface area contributed by atoms with Gasteiger partial charge in [-0.15, -0.1) is 5.10 Å². The number of aromatic nitrogens is 3. The Bertz CT molecular complexity index is 1500. The maximum Gasteiger partial charge on any atom is 0.299 e. The molecule has 1 saturated heterocycles. The fraction of sp³-hybridized carbons (Fsp3) is 0.304. The summed E-state index contributed by atoms with van der Waals surface area (Å²) in [4.78, 5) is 37.3. The van der Waals surface area contributed by atoms with Gasteiger partial charge in [-0.3, -0.25) is 24.6 Å². The van der Waals surface area contributed by atoms with Crippen LogP contribution in [0.4, 0.5) is 11.4 Å². The summed E-state index contributed by atoms with van der Waals surface area (Å²) >= 11 is 0. The molecule has 192 valence electrons. The van der Waals surface area contributed by atoms with E-state index in [2.05, 4.69) is 10.3 Å². The molecule has 1 amide bonds. The molecule has 1 atom stereocenters. The monoisotopic (exact) mass is 526 g/mol. The summed E-state index contributed by atoms with van der Waals surface area (Å²) < 4.78 is 34.6. The highest BCUT2D eigenvalue weighted by molar-refractivity contribution is 7.89. The van der Waals surface area contributed by atoms with Crippen LogP contribution in [0.2, 0.25) is 0 Å². The van der Waals surface area contributed by atoms with Crippen LogP contribution in [-0.4, -0.2) is 70.6 Å². The Morgan fingerprint density at radius 1 is 1.16 bits per heavy atom. The SMILES string of the molecule is COC[C@@H]1CCCN1S(=O)(=O)c1ccc2c(c1)C(=O)C(=O)N2Cc1cnnn1-c1ccc([N+](=O)[O-])cc1. The Hall–Kier alpha value is -4.01. The van der Waals surface area contributed by atoms with Gasteiger partial charge in [0.2, 0.25) is 10.0 Å². The van der Waals surface area contributed by atoms with Crippen LogP contribution in [0.3, 0.4) is 0 Å². The minimum Gasteiger partial charge on any atom is -0.383 e. The number of non-ortho nitro benzene ring substituents is 1. The summed E-state index contributed by atoms with van der Waals surface area (Å²) in [6.07, 6.45) is 2.80. The van der Waals surface area contributed by atoms with E-state index in [1.807, 2.05) is 0 Å². The molecule has 37 heavy (non-hydrogen) atoms. The largest absolute Gasteiger partial charge is 0.383 e. The van der Waals surface area contributed by atoms with Crippen LogP contribution in [0, 0.1) is 10.1 Å². The minimum atomic E-state index is -3.89. The Kier molecular flexibility index (Phi) is 6.31. The lowest BCUT2D eigenvalue weighted by atomic mass is 10.1. The second kappa shape index (κ2) is 9.46. The Morgan fingerprint density at radius 3 is 2.62 bits per heavy atom. The fourth-order valence-corrected chi connectivity index (χ4v) is 6.38. The highest BCUT2D eigenvalue weighted by Crippen LogP contribution is 2.34. The number of Topliss-reactive ketones (excluding diaryl/α,β-unsaturated/α-hetero) is 1. The number of carbonyl (C=O) groups excluding carboxylic acids is 2. The van der Waals surface area contributed by atoms with E-state index < -0.39 is 26.6 Å². The van der Waals surface area contributed by atoms with Crippen molar-refractivity contribution in [3.63, 3.8) is 0 Å². The molecule has 2 aromatic carbocycles. The van der Waals surface area contributed by atoms with Crippen LogP contribution in [-0.2, 0) is 26.1 Å². The number of fused-ring (bicyclic) bond motifs is 1. The van der Waals surface area contributed by atoms with Crippen molar-refractivity contribution < 1.29 is 27.7 Å². The van der Waals surface area contributed by atoms with Crippen molar-refractivity contribution in [3.8, 4) is 5.69 Å². The van der Waals surface area contributed by atoms with Gasteiger partial charge in [-0.1, -0.05) is 5.21 Å². The molecule has 0 radical (unpaired) electrons. The zero-order valence-corrected chi connectivity index (χ0v) is 20.5. The van der Waals surface area contributed by atoms with Crippen molar-refractivity contribution in [2.24, 2.45) is 0 Å². The van der Waals surface area contributed by atoms with E-state index >= 15 is 0 Å². The first kappa shape index (κ1) is 24.7. The molecule has 0 aliphatic carbocycles. The van der Waals surface area contributed by atoms with Gasteiger partial charge in [-0.05, 0) is 43.2 Å². The number of hydrogen-bond acceptors (Lipinski definition) is 9. The average Bonchev–Trinajstić information content (AvgIpc) is 3.61. The normalized spacial score (nSPS) is 18.0. The molecule has 0 spiro atoms. The van der Waals surface area contributed by atoms with Crippen LogP contribution in [0.15, 0.2) is 53.6 Å². The smallest absolute Gasteiger partial charge is 0.299 e. The molecule has 13 nitrogen and oxygen atoms in total. The molecule has 0 N–H and O–H groups in total. The van der Waals surface area contributed by atoms with Gasteiger partial charge >= 0.3 is 0 Å². The van der Waals surface area contributed by atoms with Crippen LogP contribution in [0.25, 0.3) is 5.69 Å². The van der Waals surface area contributed by atoms with Crippen LogP contribution < -0.4 is 4.90 Å². The van der Waals surface area contributed by atoms with E-state index in [9.17, 15) is 28.1 Å². The number of methoxy groups -OCH3 is 1. The summed E-state index contributed by atoms with van der Waals surface area (Å²) in [5.74, 6) is -1.62. The van der Waals surface area contributed by atoms with Gasteiger partial charge in [-0.25, -0.2) is 13.1 Å². The number of ether oxygens (including phenoxy) is 1. The molecule has 2 aliphatic heterocycles. The van der Waals surface area contributed by atoms with Gasteiger partial charge in [0.15, 0.2) is 0 Å². The fourth-order valence-electron chi connectivity index (χ4n) is 4.68. The van der Waals surface area contributed by atoms with Gasteiger partial charge in [-0.2, -0.15) is 4.31 Å². The third kappa shape index (κ3) is 4.28. The van der Waals surface area contributed by atoms with Crippen molar-refractivity contribution in [1.29, 1.82) is 0 Å². The van der Waals surface area contributed by atoms with E-state index in [-0.39, 0.29) is 41.0 Å². The number of nitro groups is 1. The molecule has 3 heterocycles. The third-order valence-electron chi connectivity index (χ3n) is 6.48. The van der Waals surface area contributed by atoms with Crippen molar-refractivity contribution >= 4 is 33.1 Å². The average molecular weight is 527 g/mol. The number of nitro benzene ring substituents is 1. The summed E-state index contributed by atoms with van der Waals surface area (Å²) in [7, 11) is -2.38. The lowest BCUT2D eigenvalue weighted by Crippen LogP contribution is -2.38. The number of carbonyl (C=O) groups is 2. The van der Waals surface area contributed by atoms with E-state index in [0.29, 0.717) is 30.8 Å². The zero-order valence-electron chi connectivity index (χ0n) is 19.7. The van der Waals surface area contributed by atoms with E-state index in [0.717, 1.165) is 0 Å². The van der Waals surface area contributed by atoms with Gasteiger partial charge in [0.1, 0.15) is 0 Å². The first-order chi connectivity index (χ1) is 17.7. The van der Waals surface area contributed by atoms with E-state index in [1.165, 1.54) is 69.7 Å². The van der Waals surface area contributed by atoms with E-state index in [1.54, 1.807) is 0 Å². The lowest BCUT2D eigenvalue weighted by molar-refractivity contribution is -0.384. The highest BCUT2D eigenvalue weighted by Gasteiger charge is 2.40. The second-order valence-corrected chi connectivity index (χ2v) is 10.6. The standard InChI is InChI=1S/C23H22N6O7S/c1-36-14-17-3-2-10-27(17)37(34,35)19-8-9-21-20(11-19)22(30)23(31)26(21)13-18-12-24-25-28(18)15-4-6-16(7-5-15)29(32)33/h4-9,11-12,17H,2-3,10,13-14H2,1H3/t17-/m0/s1. The number of amides is 1. The first-order valence-electron chi connectivity index (χ1n) is 11.4. The molecule has 0 bridgehead atoms. The molecule has 14 heteroatoms. The number of sulfonamides is 1. The molecule has 1 fully saturated rings. The minimum absolute atomic E-state index is 0.00271. The quantitative estimate of drug-likeness (QED) is 0.242. The number of rotatable bonds is 8. The number of hydrogen-bond donors (Lipinski definition) is 0. The molecular formula is C23H22N6O7S. The number of nitrogens with zero attached hydrogens (tertiary/aromatic N) is 6. The lowest BCUT2D eigenvalue weighted by Gasteiger charge is -2.24. The molecule has 0 unspecified atom stereocenters.